The predicted octanol–water partition coefficient (Wildman–Crippen LogP) is 1.97. The van der Waals surface area contributed by atoms with Crippen molar-refractivity contribution in [2.24, 2.45) is 28.7 Å². The number of fused-ring (bicyclic) bond motifs is 5. The second-order valence-corrected chi connectivity index (χ2v) is 8.69. The van der Waals surface area contributed by atoms with Crippen LogP contribution in [0.3, 0.4) is 0 Å². The van der Waals surface area contributed by atoms with Gasteiger partial charge >= 0.3 is 0 Å². The Bertz CT molecular complexity index is 794. The number of rotatable bonds is 7. The third-order valence-corrected chi connectivity index (χ3v) is 6.66. The average Bonchev–Trinajstić information content (AvgIpc) is 3.43. The fraction of sp³-hybridized carbons (Fsp3) is 0.600. The van der Waals surface area contributed by atoms with Gasteiger partial charge in [-0.2, -0.15) is 0 Å². The van der Waals surface area contributed by atoms with Crippen molar-refractivity contribution in [3.05, 3.63) is 28.2 Å². The summed E-state index contributed by atoms with van der Waals surface area (Å²) in [6.45, 7) is 6.29. The molecule has 1 saturated heterocycles. The zero-order valence-corrected chi connectivity index (χ0v) is 19.9. The highest BCUT2D eigenvalue weighted by atomic mass is 127. The lowest BCUT2D eigenvalue weighted by atomic mass is 9.85. The number of aliphatic imine (C=N–C) groups is 1. The van der Waals surface area contributed by atoms with E-state index < -0.39 is 0 Å². The van der Waals surface area contributed by atoms with Crippen molar-refractivity contribution in [3.8, 4) is 0 Å². The number of guanidine groups is 1. The first kappa shape index (κ1) is 22.2. The number of hydrogen-bond donors (Lipinski definition) is 2. The zero-order chi connectivity index (χ0) is 19.7. The van der Waals surface area contributed by atoms with Gasteiger partial charge in [0.15, 0.2) is 5.96 Å². The Kier molecular flexibility index (Phi) is 7.31. The van der Waals surface area contributed by atoms with E-state index in [9.17, 15) is 9.59 Å². The molecule has 0 aromatic carbocycles. The smallest absolute Gasteiger partial charge is 0.233 e. The Morgan fingerprint density at radius 1 is 1.24 bits per heavy atom. The number of aryl methyl sites for hydroxylation is 1. The summed E-state index contributed by atoms with van der Waals surface area (Å²) in [6.07, 6.45) is 6.01. The number of halogens is 1. The maximum atomic E-state index is 12.7. The summed E-state index contributed by atoms with van der Waals surface area (Å²) < 4.78 is 0. The Morgan fingerprint density at radius 3 is 2.52 bits per heavy atom. The molecular formula is C20H28IN5O2S. The van der Waals surface area contributed by atoms with E-state index in [1.807, 2.05) is 13.8 Å². The number of carbonyl (C=O) groups excluding carboxylic acids is 2. The second kappa shape index (κ2) is 9.55. The standard InChI is InChI=1S/C20H27N5O2S.HI/c1-3-21-20(22-7-6-15-11-28-12(2)24-15)23-8-9-25-18(26)16-13-4-5-14(10-13)17(16)19(25)27;/h4-5,11,13-14,16-17H,3,6-10H2,1-2H3,(H2,21,22,23);1H. The molecule has 2 heterocycles. The van der Waals surface area contributed by atoms with Gasteiger partial charge in [-0.3, -0.25) is 19.5 Å². The van der Waals surface area contributed by atoms with Crippen LogP contribution in [0.4, 0.5) is 0 Å². The van der Waals surface area contributed by atoms with Crippen molar-refractivity contribution in [1.82, 2.24) is 20.5 Å². The monoisotopic (exact) mass is 529 g/mol. The van der Waals surface area contributed by atoms with Crippen LogP contribution in [-0.2, 0) is 16.0 Å². The molecule has 158 valence electrons. The van der Waals surface area contributed by atoms with Gasteiger partial charge in [0.2, 0.25) is 11.8 Å². The highest BCUT2D eigenvalue weighted by Gasteiger charge is 2.58. The normalized spacial score (nSPS) is 27.4. The Morgan fingerprint density at radius 2 is 1.93 bits per heavy atom. The molecule has 2 fully saturated rings. The molecule has 2 aliphatic carbocycles. The molecule has 29 heavy (non-hydrogen) atoms. The van der Waals surface area contributed by atoms with Crippen LogP contribution in [0.2, 0.25) is 0 Å². The number of likely N-dealkylation sites (tertiary alicyclic amines) is 1. The summed E-state index contributed by atoms with van der Waals surface area (Å²) >= 11 is 1.65. The minimum absolute atomic E-state index is 0. The molecular weight excluding hydrogens is 501 g/mol. The third-order valence-electron chi connectivity index (χ3n) is 5.84. The second-order valence-electron chi connectivity index (χ2n) is 7.62. The highest BCUT2D eigenvalue weighted by molar-refractivity contribution is 14.0. The van der Waals surface area contributed by atoms with Gasteiger partial charge in [-0.25, -0.2) is 4.98 Å². The van der Waals surface area contributed by atoms with Crippen LogP contribution in [-0.4, -0.2) is 53.8 Å². The minimum Gasteiger partial charge on any atom is -0.357 e. The lowest BCUT2D eigenvalue weighted by Gasteiger charge is -2.18. The van der Waals surface area contributed by atoms with Gasteiger partial charge in [-0.05, 0) is 32.1 Å². The molecule has 4 atom stereocenters. The van der Waals surface area contributed by atoms with E-state index in [0.717, 1.165) is 30.1 Å². The quantitative estimate of drug-likeness (QED) is 0.186. The summed E-state index contributed by atoms with van der Waals surface area (Å²) in [5.41, 5.74) is 1.06. The van der Waals surface area contributed by atoms with Crippen molar-refractivity contribution in [3.63, 3.8) is 0 Å². The topological polar surface area (TPSA) is 86.7 Å². The first-order valence-electron chi connectivity index (χ1n) is 10.0. The van der Waals surface area contributed by atoms with E-state index in [2.05, 4.69) is 38.1 Å². The Hall–Kier alpha value is -1.49. The number of hydrogen-bond acceptors (Lipinski definition) is 5. The summed E-state index contributed by atoms with van der Waals surface area (Å²) in [4.78, 5) is 35.9. The number of aromatic nitrogens is 1. The summed E-state index contributed by atoms with van der Waals surface area (Å²) in [5, 5.41) is 9.58. The number of allylic oxidation sites excluding steroid dienone is 2. The summed E-state index contributed by atoms with van der Waals surface area (Å²) in [7, 11) is 0. The maximum Gasteiger partial charge on any atom is 0.233 e. The number of amides is 2. The lowest BCUT2D eigenvalue weighted by molar-refractivity contribution is -0.140. The molecule has 1 aromatic rings. The SMILES string of the molecule is CCNC(=NCCc1csc(C)n1)NCCN1C(=O)C2C3C=CC(C3)C2C1=O.I. The van der Waals surface area contributed by atoms with Crippen molar-refractivity contribution in [2.75, 3.05) is 26.2 Å². The van der Waals surface area contributed by atoms with E-state index in [0.29, 0.717) is 25.6 Å². The molecule has 4 rings (SSSR count). The van der Waals surface area contributed by atoms with Crippen molar-refractivity contribution < 1.29 is 9.59 Å². The number of nitrogens with zero attached hydrogens (tertiary/aromatic N) is 3. The van der Waals surface area contributed by atoms with Gasteiger partial charge in [0.25, 0.3) is 0 Å². The Labute approximate surface area is 192 Å². The van der Waals surface area contributed by atoms with E-state index in [1.165, 1.54) is 4.90 Å². The van der Waals surface area contributed by atoms with Gasteiger partial charge in [-0.15, -0.1) is 35.3 Å². The molecule has 7 nitrogen and oxygen atoms in total. The number of imide groups is 1. The highest BCUT2D eigenvalue weighted by Crippen LogP contribution is 2.52. The molecule has 0 radical (unpaired) electrons. The van der Waals surface area contributed by atoms with Crippen LogP contribution in [0.25, 0.3) is 0 Å². The molecule has 1 aromatic heterocycles. The average molecular weight is 529 g/mol. The molecule has 2 N–H and O–H groups in total. The van der Waals surface area contributed by atoms with E-state index in [-0.39, 0.29) is 59.5 Å². The van der Waals surface area contributed by atoms with Crippen LogP contribution in [0, 0.1) is 30.6 Å². The van der Waals surface area contributed by atoms with Crippen LogP contribution >= 0.6 is 35.3 Å². The van der Waals surface area contributed by atoms with Gasteiger partial charge in [0.05, 0.1) is 22.5 Å². The van der Waals surface area contributed by atoms with Crippen LogP contribution in [0.1, 0.15) is 24.0 Å². The van der Waals surface area contributed by atoms with Gasteiger partial charge in [0.1, 0.15) is 0 Å². The van der Waals surface area contributed by atoms with Crippen molar-refractivity contribution in [2.45, 2.75) is 26.7 Å². The predicted molar refractivity (Wildman–Crippen MR) is 124 cm³/mol. The number of carbonyl (C=O) groups is 2. The molecule has 0 spiro atoms. The number of thiazole rings is 1. The molecule has 9 heteroatoms. The van der Waals surface area contributed by atoms with Gasteiger partial charge < -0.3 is 10.6 Å². The fourth-order valence-electron chi connectivity index (χ4n) is 4.62. The Balaban J connectivity index is 0.00000240. The summed E-state index contributed by atoms with van der Waals surface area (Å²) in [5.74, 6) is 1.01. The third kappa shape index (κ3) is 4.50. The van der Waals surface area contributed by atoms with E-state index in [4.69, 9.17) is 0 Å². The van der Waals surface area contributed by atoms with Crippen LogP contribution in [0.5, 0.6) is 0 Å². The molecule has 1 saturated carbocycles. The van der Waals surface area contributed by atoms with Crippen LogP contribution in [0.15, 0.2) is 22.5 Å². The molecule has 2 bridgehead atoms. The molecule has 1 aliphatic heterocycles. The van der Waals surface area contributed by atoms with Crippen molar-refractivity contribution >= 4 is 53.1 Å². The number of nitrogens with one attached hydrogen (secondary N) is 2. The maximum absolute atomic E-state index is 12.7. The molecule has 4 unspecified atom stereocenters. The van der Waals surface area contributed by atoms with E-state index in [1.54, 1.807) is 11.3 Å². The first-order valence-corrected chi connectivity index (χ1v) is 10.9. The zero-order valence-electron chi connectivity index (χ0n) is 16.8. The molecule has 2 amide bonds. The largest absolute Gasteiger partial charge is 0.357 e. The lowest BCUT2D eigenvalue weighted by Crippen LogP contribution is -2.43. The van der Waals surface area contributed by atoms with Gasteiger partial charge in [-0.1, -0.05) is 12.2 Å². The molecule has 3 aliphatic rings. The van der Waals surface area contributed by atoms with Gasteiger partial charge in [0, 0.05) is 38.0 Å². The minimum atomic E-state index is -0.119. The first-order chi connectivity index (χ1) is 13.6. The van der Waals surface area contributed by atoms with Crippen molar-refractivity contribution in [1.29, 1.82) is 0 Å². The van der Waals surface area contributed by atoms with E-state index >= 15 is 0 Å². The fourth-order valence-corrected chi connectivity index (χ4v) is 5.26. The van der Waals surface area contributed by atoms with Crippen LogP contribution < -0.4 is 10.6 Å². The summed E-state index contributed by atoms with van der Waals surface area (Å²) in [6, 6.07) is 0.